The van der Waals surface area contributed by atoms with E-state index in [4.69, 9.17) is 4.74 Å². The molecule has 2 aromatic rings. The van der Waals surface area contributed by atoms with Gasteiger partial charge in [0.25, 0.3) is 0 Å². The summed E-state index contributed by atoms with van der Waals surface area (Å²) in [6, 6.07) is 14.5. The van der Waals surface area contributed by atoms with Gasteiger partial charge in [-0.15, -0.1) is 0 Å². The van der Waals surface area contributed by atoms with Crippen molar-refractivity contribution in [3.8, 4) is 12.0 Å². The number of carbonyl (C=O) groups is 2. The number of hydrogen-bond acceptors (Lipinski definition) is 3. The second-order valence-electron chi connectivity index (χ2n) is 7.89. The predicted molar refractivity (Wildman–Crippen MR) is 119 cm³/mol. The first-order valence-electron chi connectivity index (χ1n) is 10.7. The SMILES string of the molecule is C=CC(=O)c1ccc(C(=O)OC#Cc2ccc(C3CCC(CCC)CC3)cc2)cc1. The van der Waals surface area contributed by atoms with Gasteiger partial charge >= 0.3 is 5.97 Å². The first-order chi connectivity index (χ1) is 14.6. The zero-order valence-electron chi connectivity index (χ0n) is 17.5. The molecule has 30 heavy (non-hydrogen) atoms. The van der Waals surface area contributed by atoms with E-state index in [0.717, 1.165) is 11.5 Å². The maximum absolute atomic E-state index is 12.1. The van der Waals surface area contributed by atoms with E-state index in [1.165, 1.54) is 50.2 Å². The van der Waals surface area contributed by atoms with Crippen LogP contribution in [0.3, 0.4) is 0 Å². The number of hydrogen-bond donors (Lipinski definition) is 0. The highest BCUT2D eigenvalue weighted by Crippen LogP contribution is 2.37. The van der Waals surface area contributed by atoms with Crippen molar-refractivity contribution in [1.82, 2.24) is 0 Å². The summed E-state index contributed by atoms with van der Waals surface area (Å²) in [6.45, 7) is 5.71. The summed E-state index contributed by atoms with van der Waals surface area (Å²) in [7, 11) is 0. The quantitative estimate of drug-likeness (QED) is 0.247. The van der Waals surface area contributed by atoms with Gasteiger partial charge in [0.1, 0.15) is 6.11 Å². The molecule has 0 atom stereocenters. The number of esters is 1. The van der Waals surface area contributed by atoms with Gasteiger partial charge < -0.3 is 4.74 Å². The second kappa shape index (κ2) is 10.6. The van der Waals surface area contributed by atoms with Crippen LogP contribution in [0.25, 0.3) is 0 Å². The van der Waals surface area contributed by atoms with Crippen LogP contribution in [-0.4, -0.2) is 11.8 Å². The molecule has 1 aliphatic rings. The van der Waals surface area contributed by atoms with Crippen molar-refractivity contribution in [2.75, 3.05) is 0 Å². The molecule has 0 radical (unpaired) electrons. The Bertz CT molecular complexity index is 934. The molecule has 0 spiro atoms. The maximum Gasteiger partial charge on any atom is 0.352 e. The van der Waals surface area contributed by atoms with Crippen molar-refractivity contribution in [2.45, 2.75) is 51.4 Å². The molecule has 1 saturated carbocycles. The van der Waals surface area contributed by atoms with Gasteiger partial charge in [-0.25, -0.2) is 4.79 Å². The number of rotatable bonds is 6. The van der Waals surface area contributed by atoms with Crippen LogP contribution in [0, 0.1) is 17.9 Å². The fourth-order valence-electron chi connectivity index (χ4n) is 4.11. The molecule has 3 rings (SSSR count). The number of benzene rings is 2. The van der Waals surface area contributed by atoms with E-state index in [1.807, 2.05) is 12.1 Å². The average molecular weight is 401 g/mol. The molecule has 2 aromatic carbocycles. The molecular weight excluding hydrogens is 372 g/mol. The molecule has 1 fully saturated rings. The van der Waals surface area contributed by atoms with Crippen LogP contribution in [0.5, 0.6) is 0 Å². The van der Waals surface area contributed by atoms with E-state index in [0.29, 0.717) is 17.0 Å². The maximum atomic E-state index is 12.1. The summed E-state index contributed by atoms with van der Waals surface area (Å²) in [5.74, 6) is 3.70. The lowest BCUT2D eigenvalue weighted by Crippen LogP contribution is -2.13. The van der Waals surface area contributed by atoms with Crippen LogP contribution in [0.4, 0.5) is 0 Å². The third kappa shape index (κ3) is 5.70. The summed E-state index contributed by atoms with van der Waals surface area (Å²) in [6.07, 6.45) is 11.6. The van der Waals surface area contributed by atoms with Crippen LogP contribution >= 0.6 is 0 Å². The van der Waals surface area contributed by atoms with Gasteiger partial charge in [0.15, 0.2) is 5.78 Å². The zero-order chi connectivity index (χ0) is 21.3. The minimum absolute atomic E-state index is 0.188. The highest BCUT2D eigenvalue weighted by Gasteiger charge is 2.21. The molecule has 0 saturated heterocycles. The van der Waals surface area contributed by atoms with Crippen molar-refractivity contribution in [3.63, 3.8) is 0 Å². The van der Waals surface area contributed by atoms with Crippen molar-refractivity contribution in [2.24, 2.45) is 5.92 Å². The van der Waals surface area contributed by atoms with Gasteiger partial charge in [0.05, 0.1) is 5.56 Å². The average Bonchev–Trinajstić information content (AvgIpc) is 2.80. The number of carbonyl (C=O) groups excluding carboxylic acids is 2. The third-order valence-corrected chi connectivity index (χ3v) is 5.86. The molecule has 3 heteroatoms. The first-order valence-corrected chi connectivity index (χ1v) is 10.7. The normalized spacial score (nSPS) is 18.0. The molecule has 154 valence electrons. The van der Waals surface area contributed by atoms with Crippen LogP contribution in [-0.2, 0) is 4.74 Å². The molecule has 0 N–H and O–H groups in total. The van der Waals surface area contributed by atoms with E-state index in [-0.39, 0.29) is 5.78 Å². The third-order valence-electron chi connectivity index (χ3n) is 5.86. The minimum Gasteiger partial charge on any atom is -0.368 e. The lowest BCUT2D eigenvalue weighted by atomic mass is 9.77. The van der Waals surface area contributed by atoms with Crippen LogP contribution in [0.1, 0.15) is 83.2 Å². The van der Waals surface area contributed by atoms with Crippen LogP contribution < -0.4 is 0 Å². The molecule has 0 aliphatic heterocycles. The smallest absolute Gasteiger partial charge is 0.352 e. The van der Waals surface area contributed by atoms with Gasteiger partial charge in [-0.3, -0.25) is 4.79 Å². The van der Waals surface area contributed by atoms with E-state index in [1.54, 1.807) is 24.3 Å². The standard InChI is InChI=1S/C27H28O3/c1-3-5-20-6-10-22(11-7-20)23-12-8-21(9-13-23)18-19-30-27(29)25-16-14-24(15-17-25)26(28)4-2/h4,8-9,12-17,20,22H,2-3,5-7,10-11H2,1H3. The molecule has 1 aliphatic carbocycles. The Labute approximate surface area is 179 Å². The van der Waals surface area contributed by atoms with E-state index >= 15 is 0 Å². The molecule has 0 amide bonds. The highest BCUT2D eigenvalue weighted by atomic mass is 16.5. The Kier molecular flexibility index (Phi) is 7.63. The fourth-order valence-corrected chi connectivity index (χ4v) is 4.11. The van der Waals surface area contributed by atoms with Crippen molar-refractivity contribution < 1.29 is 14.3 Å². The van der Waals surface area contributed by atoms with Crippen molar-refractivity contribution in [1.29, 1.82) is 0 Å². The Morgan fingerprint density at radius 2 is 1.63 bits per heavy atom. The Balaban J connectivity index is 1.53. The summed E-state index contributed by atoms with van der Waals surface area (Å²) >= 11 is 0. The van der Waals surface area contributed by atoms with Gasteiger partial charge in [-0.1, -0.05) is 50.6 Å². The van der Waals surface area contributed by atoms with Crippen LogP contribution in [0.15, 0.2) is 61.2 Å². The predicted octanol–water partition coefficient (Wildman–Crippen LogP) is 6.30. The molecule has 3 nitrogen and oxygen atoms in total. The summed E-state index contributed by atoms with van der Waals surface area (Å²) in [4.78, 5) is 23.6. The Hall–Kier alpha value is -3.12. The van der Waals surface area contributed by atoms with E-state index < -0.39 is 5.97 Å². The lowest BCUT2D eigenvalue weighted by Gasteiger charge is -2.28. The van der Waals surface area contributed by atoms with Gasteiger partial charge in [-0.2, -0.15) is 0 Å². The van der Waals surface area contributed by atoms with E-state index in [9.17, 15) is 9.59 Å². The molecule has 0 unspecified atom stereocenters. The highest BCUT2D eigenvalue weighted by molar-refractivity contribution is 6.04. The number of allylic oxidation sites excluding steroid dienone is 1. The molecule has 0 heterocycles. The lowest BCUT2D eigenvalue weighted by molar-refractivity contribution is 0.0690. The molecule has 0 bridgehead atoms. The van der Waals surface area contributed by atoms with E-state index in [2.05, 4.69) is 37.7 Å². The Morgan fingerprint density at radius 1 is 1.00 bits per heavy atom. The largest absolute Gasteiger partial charge is 0.368 e. The molecular formula is C27H28O3. The Morgan fingerprint density at radius 3 is 2.23 bits per heavy atom. The summed E-state index contributed by atoms with van der Waals surface area (Å²) < 4.78 is 5.03. The summed E-state index contributed by atoms with van der Waals surface area (Å²) in [5.41, 5.74) is 3.02. The van der Waals surface area contributed by atoms with Gasteiger partial charge in [0.2, 0.25) is 0 Å². The fraction of sp³-hybridized carbons (Fsp3) is 0.333. The van der Waals surface area contributed by atoms with Crippen molar-refractivity contribution in [3.05, 3.63) is 83.4 Å². The first kappa shape index (κ1) is 21.6. The topological polar surface area (TPSA) is 43.4 Å². The summed E-state index contributed by atoms with van der Waals surface area (Å²) in [5, 5.41) is 0. The number of ketones is 1. The molecule has 0 aromatic heterocycles. The monoisotopic (exact) mass is 400 g/mol. The van der Waals surface area contributed by atoms with Gasteiger partial charge in [-0.05, 0) is 79.3 Å². The second-order valence-corrected chi connectivity index (χ2v) is 7.89. The van der Waals surface area contributed by atoms with Crippen LogP contribution in [0.2, 0.25) is 0 Å². The number of ether oxygens (including phenoxy) is 1. The van der Waals surface area contributed by atoms with Crippen molar-refractivity contribution >= 4 is 11.8 Å². The van der Waals surface area contributed by atoms with Gasteiger partial charge in [0, 0.05) is 11.1 Å². The minimum atomic E-state index is -0.541. The zero-order valence-corrected chi connectivity index (χ0v) is 17.5.